The van der Waals surface area contributed by atoms with Crippen LogP contribution in [0.3, 0.4) is 0 Å². The Labute approximate surface area is 168 Å². The molecule has 0 amide bonds. The van der Waals surface area contributed by atoms with Crippen molar-refractivity contribution in [3.63, 3.8) is 0 Å². The van der Waals surface area contributed by atoms with E-state index in [1.807, 2.05) is 36.4 Å². The van der Waals surface area contributed by atoms with Crippen LogP contribution in [-0.4, -0.2) is 71.6 Å². The zero-order chi connectivity index (χ0) is 19.8. The molecule has 0 saturated carbocycles. The number of nitrogens with zero attached hydrogens (tertiary/aromatic N) is 3. The maximum absolute atomic E-state index is 13.4. The van der Waals surface area contributed by atoms with Gasteiger partial charge in [0.25, 0.3) is 0 Å². The molecule has 1 fully saturated rings. The third-order valence-corrected chi connectivity index (χ3v) is 5.73. The summed E-state index contributed by atoms with van der Waals surface area (Å²) >= 11 is 0. The van der Waals surface area contributed by atoms with Crippen LogP contribution in [0.5, 0.6) is 0 Å². The van der Waals surface area contributed by atoms with Crippen molar-refractivity contribution >= 4 is 22.4 Å². The lowest BCUT2D eigenvalue weighted by atomic mass is 9.86. The molecule has 2 heterocycles. The zero-order valence-corrected chi connectivity index (χ0v) is 16.2. The summed E-state index contributed by atoms with van der Waals surface area (Å²) in [6.45, 7) is 5.50. The first kappa shape index (κ1) is 18.3. The average molecular weight is 392 g/mol. The number of rotatable bonds is 6. The Morgan fingerprint density at radius 2 is 1.86 bits per heavy atom. The predicted molar refractivity (Wildman–Crippen MR) is 111 cm³/mol. The summed E-state index contributed by atoms with van der Waals surface area (Å²) in [7, 11) is 0. The van der Waals surface area contributed by atoms with Gasteiger partial charge in [-0.15, -0.1) is 0 Å². The first-order chi connectivity index (χ1) is 14.3. The van der Waals surface area contributed by atoms with Crippen molar-refractivity contribution in [2.24, 2.45) is 0 Å². The monoisotopic (exact) mass is 392 g/mol. The van der Waals surface area contributed by atoms with Crippen LogP contribution in [0.4, 0.5) is 5.69 Å². The van der Waals surface area contributed by atoms with Crippen LogP contribution in [0.15, 0.2) is 36.4 Å². The molecule has 1 saturated heterocycles. The number of carbonyl (C=O) groups is 1. The molecule has 7 heteroatoms. The molecule has 2 aliphatic rings. The van der Waals surface area contributed by atoms with Crippen molar-refractivity contribution in [1.82, 2.24) is 14.7 Å². The van der Waals surface area contributed by atoms with E-state index in [2.05, 4.69) is 10.2 Å². The third-order valence-electron chi connectivity index (χ3n) is 5.73. The van der Waals surface area contributed by atoms with Crippen LogP contribution in [0, 0.1) is 0 Å². The van der Waals surface area contributed by atoms with Crippen molar-refractivity contribution < 1.29 is 14.6 Å². The van der Waals surface area contributed by atoms with Gasteiger partial charge >= 0.3 is 0 Å². The number of anilines is 1. The van der Waals surface area contributed by atoms with E-state index in [4.69, 9.17) is 9.84 Å². The molecule has 0 radical (unpaired) electrons. The van der Waals surface area contributed by atoms with Crippen LogP contribution in [0.25, 0.3) is 22.2 Å². The van der Waals surface area contributed by atoms with Gasteiger partial charge in [0.15, 0.2) is 5.78 Å². The molecule has 0 atom stereocenters. The highest BCUT2D eigenvalue weighted by atomic mass is 16.5. The number of nitrogens with one attached hydrogen (secondary N) is 1. The molecule has 7 nitrogen and oxygen atoms in total. The van der Waals surface area contributed by atoms with Gasteiger partial charge < -0.3 is 15.2 Å². The molecule has 0 unspecified atom stereocenters. The maximum Gasteiger partial charge on any atom is 0.196 e. The Morgan fingerprint density at radius 1 is 1.07 bits per heavy atom. The minimum absolute atomic E-state index is 0.000691. The van der Waals surface area contributed by atoms with Gasteiger partial charge in [0.05, 0.1) is 37.4 Å². The average Bonchev–Trinajstić information content (AvgIpc) is 3.12. The molecular weight excluding hydrogens is 368 g/mol. The van der Waals surface area contributed by atoms with Crippen molar-refractivity contribution in [2.45, 2.75) is 6.54 Å². The van der Waals surface area contributed by atoms with Crippen LogP contribution in [-0.2, 0) is 11.3 Å². The first-order valence-corrected chi connectivity index (χ1v) is 10.1. The highest BCUT2D eigenvalue weighted by Crippen LogP contribution is 2.41. The lowest BCUT2D eigenvalue weighted by Gasteiger charge is -2.27. The van der Waals surface area contributed by atoms with Gasteiger partial charge in [-0.1, -0.05) is 24.3 Å². The van der Waals surface area contributed by atoms with Gasteiger partial charge in [-0.05, 0) is 12.1 Å². The quantitative estimate of drug-likeness (QED) is 0.522. The summed E-state index contributed by atoms with van der Waals surface area (Å²) in [6.07, 6.45) is 0. The Morgan fingerprint density at radius 3 is 2.66 bits per heavy atom. The number of hydrogen-bond acceptors (Lipinski definition) is 6. The Hall–Kier alpha value is -2.74. The minimum atomic E-state index is 0.000691. The molecule has 2 aromatic carbocycles. The molecular formula is C22H24N4O3. The van der Waals surface area contributed by atoms with Gasteiger partial charge in [-0.25, -0.2) is 0 Å². The number of aliphatic hydroxyl groups excluding tert-OH is 1. The lowest BCUT2D eigenvalue weighted by Crippen LogP contribution is -2.39. The Bertz CT molecular complexity index is 1070. The first-order valence-electron chi connectivity index (χ1n) is 10.1. The van der Waals surface area contributed by atoms with Gasteiger partial charge in [0.2, 0.25) is 0 Å². The van der Waals surface area contributed by atoms with Crippen molar-refractivity contribution in [1.29, 1.82) is 0 Å². The summed E-state index contributed by atoms with van der Waals surface area (Å²) < 4.78 is 7.20. The number of ketones is 1. The second-order valence-corrected chi connectivity index (χ2v) is 7.43. The standard InChI is InChI=1S/C22H24N4O3/c27-12-9-26-18-6-5-17(23-7-8-25-10-13-29-14-11-25)19-20(18)21(24-26)15-3-1-2-4-16(15)22(19)28/h1-6,23,27H,7-14H2. The molecule has 1 aliphatic heterocycles. The normalized spacial score (nSPS) is 16.2. The molecule has 3 aromatic rings. The molecule has 2 N–H and O–H groups in total. The number of aromatic nitrogens is 2. The minimum Gasteiger partial charge on any atom is -0.394 e. The number of fused-ring (bicyclic) bond motifs is 2. The molecule has 29 heavy (non-hydrogen) atoms. The third kappa shape index (κ3) is 3.11. The van der Waals surface area contributed by atoms with E-state index < -0.39 is 0 Å². The SMILES string of the molecule is O=C1c2ccccc2-c2nn(CCO)c3ccc(NCCN4CCOCC4)c1c23. The molecule has 0 bridgehead atoms. The highest BCUT2D eigenvalue weighted by Gasteiger charge is 2.30. The topological polar surface area (TPSA) is 79.6 Å². The van der Waals surface area contributed by atoms with Crippen LogP contribution in [0.2, 0.25) is 0 Å². The van der Waals surface area contributed by atoms with E-state index in [1.165, 1.54) is 0 Å². The number of hydrogen-bond donors (Lipinski definition) is 2. The molecule has 150 valence electrons. The fraction of sp³-hybridized carbons (Fsp3) is 0.364. The number of morpholine rings is 1. The van der Waals surface area contributed by atoms with Gasteiger partial charge in [-0.3, -0.25) is 14.4 Å². The van der Waals surface area contributed by atoms with E-state index in [0.29, 0.717) is 17.7 Å². The molecule has 5 rings (SSSR count). The summed E-state index contributed by atoms with van der Waals surface area (Å²) in [4.78, 5) is 15.8. The summed E-state index contributed by atoms with van der Waals surface area (Å²) in [6, 6.07) is 11.6. The van der Waals surface area contributed by atoms with Crippen LogP contribution in [0.1, 0.15) is 15.9 Å². The van der Waals surface area contributed by atoms with E-state index in [1.54, 1.807) is 4.68 Å². The van der Waals surface area contributed by atoms with Crippen LogP contribution >= 0.6 is 0 Å². The fourth-order valence-electron chi connectivity index (χ4n) is 4.30. The Kier molecular flexibility index (Phi) is 4.79. The van der Waals surface area contributed by atoms with Crippen molar-refractivity contribution in [2.75, 3.05) is 51.3 Å². The second kappa shape index (κ2) is 7.59. The smallest absolute Gasteiger partial charge is 0.196 e. The number of ether oxygens (including phenoxy) is 1. The summed E-state index contributed by atoms with van der Waals surface area (Å²) in [5, 5.41) is 18.5. The van der Waals surface area contributed by atoms with Crippen molar-refractivity contribution in [3.8, 4) is 11.3 Å². The van der Waals surface area contributed by atoms with Gasteiger partial charge in [-0.2, -0.15) is 5.10 Å². The summed E-state index contributed by atoms with van der Waals surface area (Å²) in [5.41, 5.74) is 4.76. The van der Waals surface area contributed by atoms with E-state index >= 15 is 0 Å². The van der Waals surface area contributed by atoms with Gasteiger partial charge in [0.1, 0.15) is 5.69 Å². The molecule has 0 spiro atoms. The van der Waals surface area contributed by atoms with Crippen LogP contribution < -0.4 is 5.32 Å². The molecule has 1 aliphatic carbocycles. The number of aliphatic hydroxyl groups is 1. The Balaban J connectivity index is 1.54. The van der Waals surface area contributed by atoms with Gasteiger partial charge in [0, 0.05) is 48.4 Å². The predicted octanol–water partition coefficient (Wildman–Crippen LogP) is 1.98. The molecule has 1 aromatic heterocycles. The van der Waals surface area contributed by atoms with Crippen molar-refractivity contribution in [3.05, 3.63) is 47.5 Å². The van der Waals surface area contributed by atoms with E-state index in [0.717, 1.165) is 67.2 Å². The zero-order valence-electron chi connectivity index (χ0n) is 16.2. The lowest BCUT2D eigenvalue weighted by molar-refractivity contribution is 0.0398. The summed E-state index contributed by atoms with van der Waals surface area (Å²) in [5.74, 6) is 0.0242. The van der Waals surface area contributed by atoms with E-state index in [-0.39, 0.29) is 12.4 Å². The second-order valence-electron chi connectivity index (χ2n) is 7.43. The highest BCUT2D eigenvalue weighted by molar-refractivity contribution is 6.27. The number of benzene rings is 2. The largest absolute Gasteiger partial charge is 0.394 e. The van der Waals surface area contributed by atoms with E-state index in [9.17, 15) is 9.90 Å². The fourth-order valence-corrected chi connectivity index (χ4v) is 4.30. The number of carbonyl (C=O) groups excluding carboxylic acids is 1. The maximum atomic E-state index is 13.4.